The first kappa shape index (κ1) is 22.3. The number of esters is 2. The maximum Gasteiger partial charge on any atom is 0.331 e. The summed E-state index contributed by atoms with van der Waals surface area (Å²) in [6.45, 7) is 6.05. The van der Waals surface area contributed by atoms with Gasteiger partial charge < -0.3 is 14.0 Å². The summed E-state index contributed by atoms with van der Waals surface area (Å²) in [5, 5.41) is 1.07. The second-order valence-corrected chi connectivity index (χ2v) is 8.36. The van der Waals surface area contributed by atoms with Gasteiger partial charge in [-0.3, -0.25) is 9.78 Å². The highest BCUT2D eigenvalue weighted by Crippen LogP contribution is 2.26. The summed E-state index contributed by atoms with van der Waals surface area (Å²) in [7, 11) is 1.40. The Morgan fingerprint density at radius 3 is 2.68 bits per heavy atom. The fourth-order valence-corrected chi connectivity index (χ4v) is 3.35. The van der Waals surface area contributed by atoms with Crippen molar-refractivity contribution in [2.75, 3.05) is 7.11 Å². The molecule has 31 heavy (non-hydrogen) atoms. The summed E-state index contributed by atoms with van der Waals surface area (Å²) >= 11 is 0. The predicted molar refractivity (Wildman–Crippen MR) is 120 cm³/mol. The number of carbonyl (C=O) groups is 2. The first-order chi connectivity index (χ1) is 14.7. The minimum atomic E-state index is -0.529. The van der Waals surface area contributed by atoms with Crippen molar-refractivity contribution < 1.29 is 19.1 Å². The number of fused-ring (bicyclic) bond motifs is 1. The molecule has 2 aromatic heterocycles. The van der Waals surface area contributed by atoms with Crippen LogP contribution in [0.1, 0.15) is 43.9 Å². The van der Waals surface area contributed by atoms with Gasteiger partial charge in [-0.2, -0.15) is 0 Å². The number of pyridine rings is 1. The van der Waals surface area contributed by atoms with Crippen LogP contribution in [0.3, 0.4) is 0 Å². The first-order valence-corrected chi connectivity index (χ1v) is 10.2. The molecule has 0 spiro atoms. The summed E-state index contributed by atoms with van der Waals surface area (Å²) in [6.07, 6.45) is 9.89. The molecule has 0 saturated heterocycles. The van der Waals surface area contributed by atoms with Gasteiger partial charge in [0, 0.05) is 48.5 Å². The van der Waals surface area contributed by atoms with Gasteiger partial charge >= 0.3 is 11.9 Å². The van der Waals surface area contributed by atoms with Gasteiger partial charge in [0.1, 0.15) is 5.60 Å². The molecule has 0 saturated carbocycles. The van der Waals surface area contributed by atoms with E-state index in [0.717, 1.165) is 34.0 Å². The van der Waals surface area contributed by atoms with E-state index in [1.807, 2.05) is 51.2 Å². The van der Waals surface area contributed by atoms with Crippen molar-refractivity contribution in [1.82, 2.24) is 9.55 Å². The molecule has 0 amide bonds. The highest BCUT2D eigenvalue weighted by atomic mass is 16.6. The highest BCUT2D eigenvalue weighted by molar-refractivity contribution is 5.90. The molecule has 0 atom stereocenters. The molecule has 162 valence electrons. The maximum absolute atomic E-state index is 12.0. The van der Waals surface area contributed by atoms with Gasteiger partial charge in [-0.25, -0.2) is 4.79 Å². The molecule has 3 rings (SSSR count). The number of methoxy groups -OCH3 is 1. The van der Waals surface area contributed by atoms with Gasteiger partial charge in [0.15, 0.2) is 0 Å². The molecule has 0 N–H and O–H groups in total. The number of aromatic nitrogens is 2. The summed E-state index contributed by atoms with van der Waals surface area (Å²) in [6, 6.07) is 9.97. The van der Waals surface area contributed by atoms with Gasteiger partial charge in [-0.05, 0) is 61.7 Å². The Morgan fingerprint density at radius 2 is 2.00 bits per heavy atom. The fraction of sp³-hybridized carbons (Fsp3) is 0.320. The lowest BCUT2D eigenvalue weighted by molar-refractivity contribution is -0.148. The van der Waals surface area contributed by atoms with E-state index in [9.17, 15) is 9.59 Å². The lowest BCUT2D eigenvalue weighted by atomic mass is 10.0. The van der Waals surface area contributed by atoms with Gasteiger partial charge in [0.25, 0.3) is 0 Å². The van der Waals surface area contributed by atoms with Crippen molar-refractivity contribution in [3.63, 3.8) is 0 Å². The maximum atomic E-state index is 12.0. The van der Waals surface area contributed by atoms with Crippen LogP contribution in [-0.4, -0.2) is 34.2 Å². The molecule has 2 heterocycles. The topological polar surface area (TPSA) is 70.4 Å². The predicted octanol–water partition coefficient (Wildman–Crippen LogP) is 4.55. The quantitative estimate of drug-likeness (QED) is 0.414. The van der Waals surface area contributed by atoms with Crippen LogP contribution in [0.2, 0.25) is 0 Å². The number of nitrogens with zero attached hydrogens (tertiary/aromatic N) is 2. The second kappa shape index (κ2) is 9.60. The number of rotatable bonds is 7. The third-order valence-corrected chi connectivity index (χ3v) is 4.71. The molecule has 1 aromatic carbocycles. The fourth-order valence-electron chi connectivity index (χ4n) is 3.35. The normalized spacial score (nSPS) is 11.7. The lowest BCUT2D eigenvalue weighted by Gasteiger charge is -2.17. The first-order valence-electron chi connectivity index (χ1n) is 10.2. The average Bonchev–Trinajstić information content (AvgIpc) is 3.06. The van der Waals surface area contributed by atoms with Crippen LogP contribution in [0, 0.1) is 0 Å². The Hall–Kier alpha value is -3.41. The lowest BCUT2D eigenvalue weighted by Crippen LogP contribution is -2.22. The number of benzene rings is 1. The van der Waals surface area contributed by atoms with Gasteiger partial charge in [-0.15, -0.1) is 0 Å². The number of hydrogen-bond acceptors (Lipinski definition) is 5. The van der Waals surface area contributed by atoms with Crippen LogP contribution >= 0.6 is 0 Å². The van der Waals surface area contributed by atoms with E-state index < -0.39 is 5.60 Å². The van der Waals surface area contributed by atoms with E-state index in [0.29, 0.717) is 13.0 Å². The molecule has 0 unspecified atom stereocenters. The minimum absolute atomic E-state index is 0.243. The van der Waals surface area contributed by atoms with Crippen LogP contribution < -0.4 is 0 Å². The van der Waals surface area contributed by atoms with Crippen molar-refractivity contribution in [1.29, 1.82) is 0 Å². The SMILES string of the molecule is COC(=O)CCn1cc(Cc2cccnc2)c2cc(C=CC(=O)OC(C)(C)C)ccc21. The van der Waals surface area contributed by atoms with E-state index in [1.54, 1.807) is 12.3 Å². The third-order valence-electron chi connectivity index (χ3n) is 4.71. The van der Waals surface area contributed by atoms with E-state index in [2.05, 4.69) is 21.8 Å². The van der Waals surface area contributed by atoms with Crippen LogP contribution in [0.5, 0.6) is 0 Å². The van der Waals surface area contributed by atoms with Crippen molar-refractivity contribution in [2.45, 2.75) is 45.8 Å². The standard InChI is InChI=1S/C25H28N2O4/c1-25(2,3)31-24(29)10-8-18-7-9-22-21(15-18)20(14-19-6-5-12-26-16-19)17-27(22)13-11-23(28)30-4/h5-10,12,15-17H,11,13-14H2,1-4H3. The molecule has 0 bridgehead atoms. The van der Waals surface area contributed by atoms with Crippen molar-refractivity contribution in [2.24, 2.45) is 0 Å². The number of aryl methyl sites for hydroxylation is 1. The Labute approximate surface area is 182 Å². The zero-order chi connectivity index (χ0) is 22.4. The summed E-state index contributed by atoms with van der Waals surface area (Å²) in [4.78, 5) is 27.8. The van der Waals surface area contributed by atoms with Gasteiger partial charge in [0.05, 0.1) is 13.5 Å². The monoisotopic (exact) mass is 420 g/mol. The van der Waals surface area contributed by atoms with E-state index in [1.165, 1.54) is 13.2 Å². The largest absolute Gasteiger partial charge is 0.469 e. The highest BCUT2D eigenvalue weighted by Gasteiger charge is 2.14. The van der Waals surface area contributed by atoms with Crippen LogP contribution in [0.4, 0.5) is 0 Å². The second-order valence-electron chi connectivity index (χ2n) is 8.36. The number of ether oxygens (including phenoxy) is 2. The number of carbonyl (C=O) groups excluding carboxylic acids is 2. The Morgan fingerprint density at radius 1 is 1.19 bits per heavy atom. The Bertz CT molecular complexity index is 1090. The van der Waals surface area contributed by atoms with Gasteiger partial charge in [0.2, 0.25) is 0 Å². The third kappa shape index (κ3) is 6.28. The van der Waals surface area contributed by atoms with E-state index in [4.69, 9.17) is 9.47 Å². The molecule has 3 aromatic rings. The summed E-state index contributed by atoms with van der Waals surface area (Å²) < 4.78 is 12.2. The van der Waals surface area contributed by atoms with E-state index >= 15 is 0 Å². The molecule has 0 radical (unpaired) electrons. The van der Waals surface area contributed by atoms with Crippen LogP contribution in [-0.2, 0) is 32.0 Å². The summed E-state index contributed by atoms with van der Waals surface area (Å²) in [5.74, 6) is -0.619. The summed E-state index contributed by atoms with van der Waals surface area (Å²) in [5.41, 5.74) is 3.62. The van der Waals surface area contributed by atoms with Gasteiger partial charge in [-0.1, -0.05) is 12.1 Å². The molecular weight excluding hydrogens is 392 g/mol. The molecule has 0 fully saturated rings. The Kier molecular flexibility index (Phi) is 6.90. The molecule has 6 nitrogen and oxygen atoms in total. The smallest absolute Gasteiger partial charge is 0.331 e. The Balaban J connectivity index is 1.92. The van der Waals surface area contributed by atoms with Crippen molar-refractivity contribution in [3.8, 4) is 0 Å². The van der Waals surface area contributed by atoms with E-state index in [-0.39, 0.29) is 11.9 Å². The molecule has 6 heteroatoms. The molecule has 0 aliphatic carbocycles. The average molecular weight is 421 g/mol. The molecular formula is C25H28N2O4. The van der Waals surface area contributed by atoms with Crippen LogP contribution in [0.25, 0.3) is 17.0 Å². The minimum Gasteiger partial charge on any atom is -0.469 e. The number of hydrogen-bond donors (Lipinski definition) is 0. The van der Waals surface area contributed by atoms with Crippen LogP contribution in [0.15, 0.2) is 55.0 Å². The van der Waals surface area contributed by atoms with Crippen molar-refractivity contribution >= 4 is 28.9 Å². The zero-order valence-electron chi connectivity index (χ0n) is 18.4. The molecule has 0 aliphatic rings. The molecule has 0 aliphatic heterocycles. The zero-order valence-corrected chi connectivity index (χ0v) is 18.4. The van der Waals surface area contributed by atoms with Crippen molar-refractivity contribution in [3.05, 3.63) is 71.7 Å².